The molecule has 2 amide bonds. The monoisotopic (exact) mass is 368 g/mol. The van der Waals surface area contributed by atoms with E-state index >= 15 is 0 Å². The summed E-state index contributed by atoms with van der Waals surface area (Å²) in [7, 11) is 1.81. The van der Waals surface area contributed by atoms with Crippen molar-refractivity contribution in [3.8, 4) is 11.5 Å². The van der Waals surface area contributed by atoms with Crippen LogP contribution in [0.15, 0.2) is 54.6 Å². The largest absolute Gasteiger partial charge is 0.457 e. The summed E-state index contributed by atoms with van der Waals surface area (Å²) < 4.78 is 11.3. The maximum absolute atomic E-state index is 12.3. The van der Waals surface area contributed by atoms with E-state index in [2.05, 4.69) is 5.32 Å². The molecular weight excluding hydrogens is 340 g/mol. The molecule has 0 spiro atoms. The van der Waals surface area contributed by atoms with Gasteiger partial charge < -0.3 is 19.7 Å². The summed E-state index contributed by atoms with van der Waals surface area (Å²) >= 11 is 0. The fraction of sp³-hybridized carbons (Fsp3) is 0.409. The number of carbonyl (C=O) groups is 1. The normalized spacial score (nSPS) is 16.6. The van der Waals surface area contributed by atoms with Crippen molar-refractivity contribution >= 4 is 6.03 Å². The summed E-state index contributed by atoms with van der Waals surface area (Å²) in [6.45, 7) is 2.95. The smallest absolute Gasteiger partial charge is 0.317 e. The van der Waals surface area contributed by atoms with E-state index in [9.17, 15) is 4.79 Å². The zero-order valence-corrected chi connectivity index (χ0v) is 15.9. The number of nitrogens with one attached hydrogen (secondary N) is 1. The molecular formula is C22H28N2O3. The summed E-state index contributed by atoms with van der Waals surface area (Å²) in [4.78, 5) is 14.0. The Hall–Kier alpha value is -2.53. The molecule has 5 nitrogen and oxygen atoms in total. The Kier molecular flexibility index (Phi) is 7.11. The molecule has 1 unspecified atom stereocenters. The zero-order valence-electron chi connectivity index (χ0n) is 15.9. The van der Waals surface area contributed by atoms with Gasteiger partial charge in [0.2, 0.25) is 0 Å². The molecule has 1 heterocycles. The lowest BCUT2D eigenvalue weighted by Gasteiger charge is -2.23. The lowest BCUT2D eigenvalue weighted by atomic mass is 9.99. The van der Waals surface area contributed by atoms with Crippen molar-refractivity contribution in [3.05, 3.63) is 60.2 Å². The van der Waals surface area contributed by atoms with E-state index in [1.54, 1.807) is 4.90 Å². The number of rotatable bonds is 7. The quantitative estimate of drug-likeness (QED) is 0.786. The minimum atomic E-state index is -0.0451. The second kappa shape index (κ2) is 9.97. The molecule has 1 fully saturated rings. The zero-order chi connectivity index (χ0) is 18.9. The molecule has 1 aliphatic rings. The van der Waals surface area contributed by atoms with Gasteiger partial charge in [-0.3, -0.25) is 0 Å². The van der Waals surface area contributed by atoms with Gasteiger partial charge in [0.1, 0.15) is 11.5 Å². The van der Waals surface area contributed by atoms with Crippen LogP contribution in [-0.2, 0) is 11.3 Å². The van der Waals surface area contributed by atoms with Crippen LogP contribution in [0.3, 0.4) is 0 Å². The summed E-state index contributed by atoms with van der Waals surface area (Å²) in [5.41, 5.74) is 1.06. The van der Waals surface area contributed by atoms with E-state index in [0.29, 0.717) is 19.0 Å². The topological polar surface area (TPSA) is 50.8 Å². The molecule has 0 radical (unpaired) electrons. The number of benzene rings is 2. The van der Waals surface area contributed by atoms with Gasteiger partial charge in [-0.2, -0.15) is 0 Å². The molecule has 0 bridgehead atoms. The first kappa shape index (κ1) is 19.2. The highest BCUT2D eigenvalue weighted by atomic mass is 16.5. The van der Waals surface area contributed by atoms with Crippen molar-refractivity contribution in [2.75, 3.05) is 26.8 Å². The average molecular weight is 368 g/mol. The van der Waals surface area contributed by atoms with Crippen LogP contribution in [-0.4, -0.2) is 37.7 Å². The lowest BCUT2D eigenvalue weighted by Crippen LogP contribution is -2.38. The number of carbonyl (C=O) groups excluding carboxylic acids is 1. The van der Waals surface area contributed by atoms with Gasteiger partial charge in [-0.25, -0.2) is 4.79 Å². The van der Waals surface area contributed by atoms with Gasteiger partial charge in [0.15, 0.2) is 0 Å². The number of para-hydroxylation sites is 1. The predicted molar refractivity (Wildman–Crippen MR) is 106 cm³/mol. The number of amides is 2. The standard InChI is InChI=1S/C22H28N2O3/c1-24(22(25)23-14-13-19-6-5-15-26-17-19)16-18-9-11-21(12-10-18)27-20-7-3-2-4-8-20/h2-4,7-12,19H,5-6,13-17H2,1H3,(H,23,25). The molecule has 0 saturated carbocycles. The molecule has 144 valence electrons. The minimum Gasteiger partial charge on any atom is -0.457 e. The van der Waals surface area contributed by atoms with E-state index < -0.39 is 0 Å². The molecule has 1 N–H and O–H groups in total. The summed E-state index contributed by atoms with van der Waals surface area (Å²) in [5.74, 6) is 2.17. The average Bonchev–Trinajstić information content (AvgIpc) is 2.71. The number of ether oxygens (including phenoxy) is 2. The first-order valence-corrected chi connectivity index (χ1v) is 9.59. The first-order chi connectivity index (χ1) is 13.2. The molecule has 27 heavy (non-hydrogen) atoms. The van der Waals surface area contributed by atoms with Gasteiger partial charge in [0.05, 0.1) is 0 Å². The maximum Gasteiger partial charge on any atom is 0.317 e. The fourth-order valence-corrected chi connectivity index (χ4v) is 3.19. The van der Waals surface area contributed by atoms with Gasteiger partial charge in [-0.1, -0.05) is 30.3 Å². The summed E-state index contributed by atoms with van der Waals surface area (Å²) in [5, 5.41) is 3.00. The van der Waals surface area contributed by atoms with Crippen LogP contribution in [0.4, 0.5) is 4.79 Å². The van der Waals surface area contributed by atoms with Crippen molar-refractivity contribution in [2.45, 2.75) is 25.8 Å². The van der Waals surface area contributed by atoms with Gasteiger partial charge in [-0.15, -0.1) is 0 Å². The number of hydrogen-bond acceptors (Lipinski definition) is 3. The van der Waals surface area contributed by atoms with Crippen LogP contribution in [0.1, 0.15) is 24.8 Å². The summed E-state index contributed by atoms with van der Waals surface area (Å²) in [6.07, 6.45) is 3.30. The van der Waals surface area contributed by atoms with Crippen LogP contribution in [0.5, 0.6) is 11.5 Å². The Balaban J connectivity index is 1.41. The van der Waals surface area contributed by atoms with Crippen LogP contribution in [0.2, 0.25) is 0 Å². The van der Waals surface area contributed by atoms with Crippen LogP contribution in [0.25, 0.3) is 0 Å². The van der Waals surface area contributed by atoms with Gasteiger partial charge in [-0.05, 0) is 55.0 Å². The highest BCUT2D eigenvalue weighted by molar-refractivity contribution is 5.73. The molecule has 2 aromatic rings. The fourth-order valence-electron chi connectivity index (χ4n) is 3.19. The van der Waals surface area contributed by atoms with Gasteiger partial charge in [0, 0.05) is 33.4 Å². The lowest BCUT2D eigenvalue weighted by molar-refractivity contribution is 0.0519. The first-order valence-electron chi connectivity index (χ1n) is 9.59. The third-order valence-corrected chi connectivity index (χ3v) is 4.75. The third-order valence-electron chi connectivity index (χ3n) is 4.75. The van der Waals surface area contributed by atoms with Crippen molar-refractivity contribution in [3.63, 3.8) is 0 Å². The van der Waals surface area contributed by atoms with Crippen molar-refractivity contribution in [1.82, 2.24) is 10.2 Å². The predicted octanol–water partition coefficient (Wildman–Crippen LogP) is 4.44. The Morgan fingerprint density at radius 2 is 1.89 bits per heavy atom. The van der Waals surface area contributed by atoms with Crippen molar-refractivity contribution in [2.24, 2.45) is 5.92 Å². The Labute approximate surface area is 161 Å². The number of hydrogen-bond donors (Lipinski definition) is 1. The van der Waals surface area contributed by atoms with Crippen LogP contribution >= 0.6 is 0 Å². The second-order valence-electron chi connectivity index (χ2n) is 7.02. The Morgan fingerprint density at radius 1 is 1.15 bits per heavy atom. The molecule has 1 saturated heterocycles. The molecule has 3 rings (SSSR count). The molecule has 1 atom stereocenters. The van der Waals surface area contributed by atoms with Crippen LogP contribution in [0, 0.1) is 5.92 Å². The van der Waals surface area contributed by atoms with Crippen LogP contribution < -0.4 is 10.1 Å². The van der Waals surface area contributed by atoms with Gasteiger partial charge >= 0.3 is 6.03 Å². The van der Waals surface area contributed by atoms with E-state index in [0.717, 1.165) is 43.1 Å². The van der Waals surface area contributed by atoms with Crippen molar-refractivity contribution < 1.29 is 14.3 Å². The van der Waals surface area contributed by atoms with E-state index in [4.69, 9.17) is 9.47 Å². The Morgan fingerprint density at radius 3 is 2.59 bits per heavy atom. The van der Waals surface area contributed by atoms with E-state index in [1.807, 2.05) is 61.6 Å². The molecule has 5 heteroatoms. The molecule has 2 aromatic carbocycles. The van der Waals surface area contributed by atoms with Gasteiger partial charge in [0.25, 0.3) is 0 Å². The summed E-state index contributed by atoms with van der Waals surface area (Å²) in [6, 6.07) is 17.5. The Bertz CT molecular complexity index is 697. The van der Waals surface area contributed by atoms with E-state index in [1.165, 1.54) is 6.42 Å². The van der Waals surface area contributed by atoms with Crippen molar-refractivity contribution in [1.29, 1.82) is 0 Å². The highest BCUT2D eigenvalue weighted by Crippen LogP contribution is 2.21. The SMILES string of the molecule is CN(Cc1ccc(Oc2ccccc2)cc1)C(=O)NCCC1CCCOC1. The third kappa shape index (κ3) is 6.29. The highest BCUT2D eigenvalue weighted by Gasteiger charge is 2.15. The molecule has 1 aliphatic heterocycles. The van der Waals surface area contributed by atoms with E-state index in [-0.39, 0.29) is 6.03 Å². The number of urea groups is 1. The maximum atomic E-state index is 12.3. The second-order valence-corrected chi connectivity index (χ2v) is 7.02. The molecule has 0 aliphatic carbocycles. The number of nitrogens with zero attached hydrogens (tertiary/aromatic N) is 1. The minimum absolute atomic E-state index is 0.0451. The molecule has 0 aromatic heterocycles.